The minimum atomic E-state index is -0.885. The largest absolute Gasteiger partial charge is 0.360 e. The van der Waals surface area contributed by atoms with Crippen LogP contribution in [0.15, 0.2) is 60.7 Å². The number of halogens is 2. The van der Waals surface area contributed by atoms with Gasteiger partial charge in [0.1, 0.15) is 23.6 Å². The number of ether oxygens (including phenoxy) is 1. The first kappa shape index (κ1) is 23.4. The van der Waals surface area contributed by atoms with Gasteiger partial charge < -0.3 is 25.7 Å². The zero-order valence-corrected chi connectivity index (χ0v) is 19.2. The number of rotatable bonds is 6. The molecule has 4 aromatic rings. The topological polar surface area (TPSA) is 115 Å². The molecule has 1 saturated heterocycles. The second-order valence-electron chi connectivity index (χ2n) is 8.44. The van der Waals surface area contributed by atoms with Crippen LogP contribution in [-0.4, -0.2) is 34.5 Å². The summed E-state index contributed by atoms with van der Waals surface area (Å²) in [6, 6.07) is 14.7. The number of imidazole rings is 1. The van der Waals surface area contributed by atoms with Gasteiger partial charge in [0.25, 0.3) is 0 Å². The monoisotopic (exact) mass is 490 g/mol. The molecule has 0 radical (unpaired) electrons. The lowest BCUT2D eigenvalue weighted by atomic mass is 10.0. The number of hydrogen-bond donors (Lipinski definition) is 5. The third-order valence-electron chi connectivity index (χ3n) is 5.85. The van der Waals surface area contributed by atoms with Gasteiger partial charge in [-0.15, -0.1) is 0 Å². The van der Waals surface area contributed by atoms with Crippen molar-refractivity contribution in [3.05, 3.63) is 83.7 Å². The van der Waals surface area contributed by atoms with Crippen LogP contribution in [0.2, 0.25) is 0 Å². The number of hydrogen-bond acceptors (Lipinski definition) is 5. The Morgan fingerprint density at radius 3 is 2.64 bits per heavy atom. The first-order valence-electron chi connectivity index (χ1n) is 11.6. The third-order valence-corrected chi connectivity index (χ3v) is 5.85. The van der Waals surface area contributed by atoms with Gasteiger partial charge in [0.15, 0.2) is 5.82 Å². The number of benzene rings is 3. The Hall–Kier alpha value is -4.31. The van der Waals surface area contributed by atoms with Crippen molar-refractivity contribution in [2.24, 2.45) is 0 Å². The Morgan fingerprint density at radius 1 is 1.03 bits per heavy atom. The minimum absolute atomic E-state index is 0.123. The van der Waals surface area contributed by atoms with Gasteiger partial charge in [0.05, 0.1) is 16.7 Å². The number of para-hydroxylation sites is 2. The van der Waals surface area contributed by atoms with E-state index in [2.05, 4.69) is 25.9 Å². The molecule has 10 heteroatoms. The number of amides is 2. The Bertz CT molecular complexity index is 1400. The van der Waals surface area contributed by atoms with Crippen LogP contribution in [0.3, 0.4) is 0 Å². The Labute approximate surface area is 205 Å². The van der Waals surface area contributed by atoms with Gasteiger partial charge in [-0.2, -0.15) is 0 Å². The molecule has 1 aliphatic rings. The molecule has 8 nitrogen and oxygen atoms in total. The van der Waals surface area contributed by atoms with Crippen LogP contribution >= 0.6 is 0 Å². The summed E-state index contributed by atoms with van der Waals surface area (Å²) < 4.78 is 32.9. The van der Waals surface area contributed by atoms with Crippen molar-refractivity contribution in [3.63, 3.8) is 0 Å². The Balaban J connectivity index is 1.42. The number of urea groups is 1. The maximum Gasteiger partial charge on any atom is 0.323 e. The highest BCUT2D eigenvalue weighted by molar-refractivity contribution is 6.14. The zero-order chi connectivity index (χ0) is 25.1. The smallest absolute Gasteiger partial charge is 0.323 e. The molecule has 0 saturated carbocycles. The molecule has 0 bridgehead atoms. The quantitative estimate of drug-likeness (QED) is 0.218. The molecular formula is C26H24F2N6O2. The third kappa shape index (κ3) is 5.18. The molecule has 1 aliphatic heterocycles. The van der Waals surface area contributed by atoms with Gasteiger partial charge in [0, 0.05) is 29.6 Å². The number of fused-ring (bicyclic) bond motifs is 1. The molecule has 5 N–H and O–H groups in total. The number of nitrogens with one attached hydrogen (secondary N) is 5. The maximum absolute atomic E-state index is 13.9. The van der Waals surface area contributed by atoms with Gasteiger partial charge in [0.2, 0.25) is 0 Å². The first-order valence-corrected chi connectivity index (χ1v) is 11.6. The summed E-state index contributed by atoms with van der Waals surface area (Å²) in [5.74, 6) is -1.25. The highest BCUT2D eigenvalue weighted by Gasteiger charge is 2.20. The maximum atomic E-state index is 13.9. The summed E-state index contributed by atoms with van der Waals surface area (Å²) >= 11 is 0. The van der Waals surface area contributed by atoms with Crippen molar-refractivity contribution in [1.82, 2.24) is 9.97 Å². The van der Waals surface area contributed by atoms with E-state index in [0.717, 1.165) is 42.4 Å². The lowest BCUT2D eigenvalue weighted by Gasteiger charge is -2.26. The average Bonchev–Trinajstić information content (AvgIpc) is 3.31. The molecule has 5 rings (SSSR count). The molecule has 36 heavy (non-hydrogen) atoms. The molecule has 1 atom stereocenters. The van der Waals surface area contributed by atoms with E-state index < -0.39 is 17.7 Å². The number of nitrogens with zero attached hydrogens (tertiary/aromatic N) is 1. The van der Waals surface area contributed by atoms with E-state index in [1.165, 1.54) is 0 Å². The van der Waals surface area contributed by atoms with E-state index in [4.69, 9.17) is 10.1 Å². The lowest BCUT2D eigenvalue weighted by molar-refractivity contribution is 0.0343. The SMILES string of the molecule is N=C(c1nc2ccccc2[nH]1)c1cc(NC(=O)Nc2ccc(F)cc2F)ccc1NC1CCCCO1. The van der Waals surface area contributed by atoms with Crippen LogP contribution in [0.5, 0.6) is 0 Å². The predicted molar refractivity (Wildman–Crippen MR) is 135 cm³/mol. The first-order chi connectivity index (χ1) is 17.5. The highest BCUT2D eigenvalue weighted by Crippen LogP contribution is 2.27. The van der Waals surface area contributed by atoms with E-state index in [1.807, 2.05) is 24.3 Å². The van der Waals surface area contributed by atoms with Crippen LogP contribution in [0, 0.1) is 17.0 Å². The number of carbonyl (C=O) groups is 1. The molecule has 0 spiro atoms. The molecule has 0 aliphatic carbocycles. The molecule has 184 valence electrons. The fraction of sp³-hybridized carbons (Fsp3) is 0.192. The molecule has 2 amide bonds. The van der Waals surface area contributed by atoms with E-state index in [9.17, 15) is 13.6 Å². The number of carbonyl (C=O) groups excluding carboxylic acids is 1. The van der Waals surface area contributed by atoms with Gasteiger partial charge in [-0.1, -0.05) is 12.1 Å². The summed E-state index contributed by atoms with van der Waals surface area (Å²) in [6.45, 7) is 0.660. The van der Waals surface area contributed by atoms with Crippen molar-refractivity contribution in [3.8, 4) is 0 Å². The van der Waals surface area contributed by atoms with Crippen molar-refractivity contribution >= 4 is 39.8 Å². The fourth-order valence-corrected chi connectivity index (χ4v) is 4.06. The average molecular weight is 491 g/mol. The van der Waals surface area contributed by atoms with Crippen molar-refractivity contribution in [2.75, 3.05) is 22.6 Å². The summed E-state index contributed by atoms with van der Waals surface area (Å²) in [6.07, 6.45) is 2.69. The minimum Gasteiger partial charge on any atom is -0.360 e. The number of aromatic nitrogens is 2. The molecular weight excluding hydrogens is 466 g/mol. The van der Waals surface area contributed by atoms with E-state index >= 15 is 0 Å². The summed E-state index contributed by atoms with van der Waals surface area (Å²) in [5, 5.41) is 17.2. The van der Waals surface area contributed by atoms with Gasteiger partial charge in [-0.05, 0) is 61.7 Å². The lowest BCUT2D eigenvalue weighted by Crippen LogP contribution is -2.28. The van der Waals surface area contributed by atoms with Crippen LogP contribution in [0.25, 0.3) is 11.0 Å². The molecule has 2 heterocycles. The highest BCUT2D eigenvalue weighted by atomic mass is 19.1. The van der Waals surface area contributed by atoms with Crippen LogP contribution in [0.4, 0.5) is 30.6 Å². The van der Waals surface area contributed by atoms with E-state index in [-0.39, 0.29) is 17.6 Å². The zero-order valence-electron chi connectivity index (χ0n) is 19.2. The fourth-order valence-electron chi connectivity index (χ4n) is 4.06. The molecule has 1 unspecified atom stereocenters. The number of aromatic amines is 1. The summed E-state index contributed by atoms with van der Waals surface area (Å²) in [7, 11) is 0. The van der Waals surface area contributed by atoms with Gasteiger partial charge in [-0.3, -0.25) is 5.41 Å². The van der Waals surface area contributed by atoms with Gasteiger partial charge in [-0.25, -0.2) is 18.6 Å². The van der Waals surface area contributed by atoms with Crippen LogP contribution in [0.1, 0.15) is 30.7 Å². The van der Waals surface area contributed by atoms with E-state index in [1.54, 1.807) is 18.2 Å². The van der Waals surface area contributed by atoms with Crippen molar-refractivity contribution < 1.29 is 18.3 Å². The van der Waals surface area contributed by atoms with Crippen molar-refractivity contribution in [1.29, 1.82) is 5.41 Å². The second kappa shape index (κ2) is 10.1. The van der Waals surface area contributed by atoms with Crippen LogP contribution < -0.4 is 16.0 Å². The number of H-pyrrole nitrogens is 1. The second-order valence-corrected chi connectivity index (χ2v) is 8.44. The van der Waals surface area contributed by atoms with Crippen LogP contribution in [-0.2, 0) is 4.74 Å². The molecule has 1 aromatic heterocycles. The Morgan fingerprint density at radius 2 is 1.86 bits per heavy atom. The molecule has 3 aromatic carbocycles. The Kier molecular flexibility index (Phi) is 6.59. The predicted octanol–water partition coefficient (Wildman–Crippen LogP) is 5.84. The summed E-state index contributed by atoms with van der Waals surface area (Å²) in [5.41, 5.74) is 3.03. The normalized spacial score (nSPS) is 15.4. The standard InChI is InChI=1S/C26H24F2N6O2/c27-15-8-10-20(18(28)13-15)34-26(35)30-16-9-11-19(31-23-7-3-4-12-36-23)17(14-16)24(29)25-32-21-5-1-2-6-22(21)33-25/h1-2,5-6,8-11,13-14,23,29,31H,3-4,7,12H2,(H,32,33)(H2,30,34,35). The van der Waals surface area contributed by atoms with Gasteiger partial charge >= 0.3 is 6.03 Å². The van der Waals surface area contributed by atoms with E-state index in [0.29, 0.717) is 35.4 Å². The number of anilines is 3. The van der Waals surface area contributed by atoms with Crippen molar-refractivity contribution in [2.45, 2.75) is 25.5 Å². The summed E-state index contributed by atoms with van der Waals surface area (Å²) in [4.78, 5) is 20.2. The molecule has 1 fully saturated rings.